The number of anilines is 1. The molecule has 0 amide bonds. The number of hydrogen-bond acceptors (Lipinski definition) is 3. The fourth-order valence-electron chi connectivity index (χ4n) is 1.42. The lowest BCUT2D eigenvalue weighted by atomic mass is 10.2. The lowest BCUT2D eigenvalue weighted by Gasteiger charge is -2.11. The van der Waals surface area contributed by atoms with Crippen molar-refractivity contribution in [3.05, 3.63) is 42.4 Å². The van der Waals surface area contributed by atoms with Gasteiger partial charge in [-0.15, -0.1) is 0 Å². The Balaban J connectivity index is 2.07. The highest BCUT2D eigenvalue weighted by Gasteiger charge is 2.06. The second-order valence-corrected chi connectivity index (χ2v) is 3.50. The van der Waals surface area contributed by atoms with E-state index in [0.717, 1.165) is 11.5 Å². The van der Waals surface area contributed by atoms with Crippen LogP contribution in [0.2, 0.25) is 0 Å². The van der Waals surface area contributed by atoms with Gasteiger partial charge in [0.25, 0.3) is 0 Å². The second-order valence-electron chi connectivity index (χ2n) is 3.50. The molecule has 0 aliphatic carbocycles. The van der Waals surface area contributed by atoms with E-state index < -0.39 is 0 Å². The van der Waals surface area contributed by atoms with Crippen LogP contribution in [0.3, 0.4) is 0 Å². The van der Waals surface area contributed by atoms with Gasteiger partial charge in [0.05, 0.1) is 11.7 Å². The van der Waals surface area contributed by atoms with E-state index >= 15 is 0 Å². The molecule has 78 valence electrons. The number of pyridine rings is 1. The third-order valence-electron chi connectivity index (χ3n) is 2.21. The van der Waals surface area contributed by atoms with E-state index in [1.807, 2.05) is 37.5 Å². The van der Waals surface area contributed by atoms with Crippen LogP contribution in [0.4, 0.5) is 5.82 Å². The highest BCUT2D eigenvalue weighted by molar-refractivity contribution is 5.35. The average molecular weight is 202 g/mol. The molecule has 0 aromatic carbocycles. The number of nitrogens with zero attached hydrogens (tertiary/aromatic N) is 3. The van der Waals surface area contributed by atoms with Gasteiger partial charge in [0.15, 0.2) is 0 Å². The maximum atomic E-state index is 4.28. The summed E-state index contributed by atoms with van der Waals surface area (Å²) in [7, 11) is 1.90. The predicted octanol–water partition coefficient (Wildman–Crippen LogP) is 1.99. The molecule has 2 aromatic heterocycles. The zero-order valence-electron chi connectivity index (χ0n) is 8.88. The molecule has 2 rings (SSSR count). The topological polar surface area (TPSA) is 42.7 Å². The Morgan fingerprint density at radius 2 is 2.20 bits per heavy atom. The smallest absolute Gasteiger partial charge is 0.148 e. The summed E-state index contributed by atoms with van der Waals surface area (Å²) in [6, 6.07) is 8.01. The Bertz CT molecular complexity index is 421. The summed E-state index contributed by atoms with van der Waals surface area (Å²) >= 11 is 0. The van der Waals surface area contributed by atoms with Crippen molar-refractivity contribution in [2.24, 2.45) is 7.05 Å². The highest BCUT2D eigenvalue weighted by atomic mass is 15.3. The first-order valence-corrected chi connectivity index (χ1v) is 4.93. The van der Waals surface area contributed by atoms with E-state index in [0.29, 0.717) is 0 Å². The maximum absolute atomic E-state index is 4.28. The third-order valence-corrected chi connectivity index (χ3v) is 2.21. The average Bonchev–Trinajstić information content (AvgIpc) is 2.65. The van der Waals surface area contributed by atoms with Gasteiger partial charge in [-0.05, 0) is 19.1 Å². The van der Waals surface area contributed by atoms with Crippen molar-refractivity contribution in [3.8, 4) is 0 Å². The third kappa shape index (κ3) is 2.34. The molecule has 15 heavy (non-hydrogen) atoms. The molecular formula is C11H14N4. The molecule has 0 bridgehead atoms. The zero-order chi connectivity index (χ0) is 10.7. The van der Waals surface area contributed by atoms with Gasteiger partial charge in [0, 0.05) is 25.5 Å². The van der Waals surface area contributed by atoms with Crippen molar-refractivity contribution in [1.82, 2.24) is 14.8 Å². The lowest BCUT2D eigenvalue weighted by Crippen LogP contribution is -2.08. The molecule has 1 N–H and O–H groups in total. The fourth-order valence-corrected chi connectivity index (χ4v) is 1.42. The van der Waals surface area contributed by atoms with Crippen LogP contribution >= 0.6 is 0 Å². The summed E-state index contributed by atoms with van der Waals surface area (Å²) < 4.78 is 1.77. The van der Waals surface area contributed by atoms with E-state index in [2.05, 4.69) is 22.3 Å². The molecule has 0 fully saturated rings. The van der Waals surface area contributed by atoms with Gasteiger partial charge in [-0.1, -0.05) is 6.07 Å². The van der Waals surface area contributed by atoms with Crippen molar-refractivity contribution in [2.75, 3.05) is 5.32 Å². The van der Waals surface area contributed by atoms with Crippen LogP contribution in [0.25, 0.3) is 0 Å². The van der Waals surface area contributed by atoms with E-state index in [-0.39, 0.29) is 6.04 Å². The summed E-state index contributed by atoms with van der Waals surface area (Å²) in [5.41, 5.74) is 1.02. The standard InChI is InChI=1S/C11H14N4/c1-9(10-5-3-4-7-12-10)13-11-6-8-15(2)14-11/h3-9H,1-2H3,(H,13,14). The number of aryl methyl sites for hydroxylation is 1. The summed E-state index contributed by atoms with van der Waals surface area (Å²) in [5, 5.41) is 7.54. The first-order valence-electron chi connectivity index (χ1n) is 4.93. The second kappa shape index (κ2) is 4.13. The summed E-state index contributed by atoms with van der Waals surface area (Å²) in [5.74, 6) is 0.871. The maximum Gasteiger partial charge on any atom is 0.148 e. The molecule has 1 unspecified atom stereocenters. The van der Waals surface area contributed by atoms with Crippen molar-refractivity contribution >= 4 is 5.82 Å². The quantitative estimate of drug-likeness (QED) is 0.827. The Morgan fingerprint density at radius 1 is 1.33 bits per heavy atom. The SMILES string of the molecule is CC(Nc1ccn(C)n1)c1ccccn1. The first-order chi connectivity index (χ1) is 7.25. The van der Waals surface area contributed by atoms with Crippen LogP contribution in [0.5, 0.6) is 0 Å². The number of nitrogens with one attached hydrogen (secondary N) is 1. The van der Waals surface area contributed by atoms with Crippen LogP contribution in [-0.4, -0.2) is 14.8 Å². The highest BCUT2D eigenvalue weighted by Crippen LogP contribution is 2.14. The molecular weight excluding hydrogens is 188 g/mol. The van der Waals surface area contributed by atoms with Crippen molar-refractivity contribution in [1.29, 1.82) is 0 Å². The molecule has 2 aromatic rings. The fraction of sp³-hybridized carbons (Fsp3) is 0.273. The van der Waals surface area contributed by atoms with Gasteiger partial charge in [0.2, 0.25) is 0 Å². The molecule has 0 aliphatic heterocycles. The summed E-state index contributed by atoms with van der Waals surface area (Å²) in [6.07, 6.45) is 3.71. The Kier molecular flexibility index (Phi) is 2.67. The van der Waals surface area contributed by atoms with Gasteiger partial charge in [0.1, 0.15) is 5.82 Å². The Hall–Kier alpha value is -1.84. The van der Waals surface area contributed by atoms with Crippen molar-refractivity contribution in [2.45, 2.75) is 13.0 Å². The Labute approximate surface area is 89.0 Å². The molecule has 2 heterocycles. The van der Waals surface area contributed by atoms with Crippen LogP contribution in [0, 0.1) is 0 Å². The van der Waals surface area contributed by atoms with Crippen molar-refractivity contribution < 1.29 is 0 Å². The number of hydrogen-bond donors (Lipinski definition) is 1. The molecule has 0 saturated heterocycles. The van der Waals surface area contributed by atoms with E-state index in [9.17, 15) is 0 Å². The van der Waals surface area contributed by atoms with Crippen LogP contribution in [0.1, 0.15) is 18.7 Å². The minimum atomic E-state index is 0.168. The van der Waals surface area contributed by atoms with Gasteiger partial charge >= 0.3 is 0 Å². The van der Waals surface area contributed by atoms with Crippen LogP contribution in [0.15, 0.2) is 36.7 Å². The van der Waals surface area contributed by atoms with E-state index in [4.69, 9.17) is 0 Å². The van der Waals surface area contributed by atoms with Crippen molar-refractivity contribution in [3.63, 3.8) is 0 Å². The predicted molar refractivity (Wildman–Crippen MR) is 59.5 cm³/mol. The zero-order valence-corrected chi connectivity index (χ0v) is 8.88. The largest absolute Gasteiger partial charge is 0.361 e. The van der Waals surface area contributed by atoms with E-state index in [1.54, 1.807) is 10.9 Å². The number of rotatable bonds is 3. The molecule has 4 nitrogen and oxygen atoms in total. The van der Waals surface area contributed by atoms with Crippen LogP contribution < -0.4 is 5.32 Å². The molecule has 0 spiro atoms. The Morgan fingerprint density at radius 3 is 2.80 bits per heavy atom. The first kappa shape index (κ1) is 9.71. The van der Waals surface area contributed by atoms with Gasteiger partial charge in [-0.25, -0.2) is 0 Å². The molecule has 4 heteroatoms. The van der Waals surface area contributed by atoms with Crippen LogP contribution in [-0.2, 0) is 7.05 Å². The minimum Gasteiger partial charge on any atom is -0.361 e. The van der Waals surface area contributed by atoms with Gasteiger partial charge < -0.3 is 5.32 Å². The molecule has 1 atom stereocenters. The van der Waals surface area contributed by atoms with Gasteiger partial charge in [-0.2, -0.15) is 5.10 Å². The monoisotopic (exact) mass is 202 g/mol. The normalized spacial score (nSPS) is 12.4. The lowest BCUT2D eigenvalue weighted by molar-refractivity contribution is 0.756. The minimum absolute atomic E-state index is 0.168. The van der Waals surface area contributed by atoms with E-state index in [1.165, 1.54) is 0 Å². The van der Waals surface area contributed by atoms with Gasteiger partial charge in [-0.3, -0.25) is 9.67 Å². The number of aromatic nitrogens is 3. The summed E-state index contributed by atoms with van der Waals surface area (Å²) in [4.78, 5) is 4.28. The summed E-state index contributed by atoms with van der Waals surface area (Å²) in [6.45, 7) is 2.07. The molecule has 0 radical (unpaired) electrons. The molecule has 0 saturated carbocycles. The molecule has 0 aliphatic rings.